The monoisotopic (exact) mass is 402 g/mol. The lowest BCUT2D eigenvalue weighted by Crippen LogP contribution is -2.27. The second-order valence-electron chi connectivity index (χ2n) is 6.00. The number of hydrogen-bond donors (Lipinski definition) is 1. The molecule has 1 unspecified atom stereocenters. The van der Waals surface area contributed by atoms with E-state index in [2.05, 4.69) is 20.5 Å². The van der Waals surface area contributed by atoms with Crippen LogP contribution in [0.5, 0.6) is 11.5 Å². The number of hydrazone groups is 1. The lowest BCUT2D eigenvalue weighted by Gasteiger charge is -2.11. The summed E-state index contributed by atoms with van der Waals surface area (Å²) in [7, 11) is 0. The molecule has 28 heavy (non-hydrogen) atoms. The topological polar surface area (TPSA) is 85.7 Å². The molecule has 0 bridgehead atoms. The second-order valence-corrected chi connectivity index (χ2v) is 7.31. The van der Waals surface area contributed by atoms with Crippen molar-refractivity contribution in [2.24, 2.45) is 5.10 Å². The van der Waals surface area contributed by atoms with Gasteiger partial charge in [0.25, 0.3) is 5.91 Å². The van der Waals surface area contributed by atoms with Gasteiger partial charge in [0.2, 0.25) is 0 Å². The highest BCUT2D eigenvalue weighted by Gasteiger charge is 2.16. The highest BCUT2D eigenvalue weighted by atomic mass is 32.2. The molecule has 2 rings (SSSR count). The summed E-state index contributed by atoms with van der Waals surface area (Å²) in [5.74, 6) is 1.11. The molecule has 0 aliphatic carbocycles. The number of aromatic nitrogens is 2. The minimum Gasteiger partial charge on any atom is -0.490 e. The molecule has 1 aromatic heterocycles. The zero-order valence-corrected chi connectivity index (χ0v) is 17.7. The number of nitrogens with one attached hydrogen (secondary N) is 1. The van der Waals surface area contributed by atoms with Gasteiger partial charge in [0, 0.05) is 11.4 Å². The van der Waals surface area contributed by atoms with E-state index in [1.807, 2.05) is 52.0 Å². The standard InChI is InChI=1S/C20H26N4O3S/c1-6-26-17-9-8-16(11-18(17)27-7-2)12-21-24-19(25)15(5)28-20-22-13(3)10-14(4)23-20/h8-12,15H,6-7H2,1-5H3,(H,24,25)/b21-12+. The van der Waals surface area contributed by atoms with Crippen molar-refractivity contribution >= 4 is 23.9 Å². The summed E-state index contributed by atoms with van der Waals surface area (Å²) < 4.78 is 11.1. The Kier molecular flexibility index (Phi) is 8.25. The van der Waals surface area contributed by atoms with Gasteiger partial charge in [-0.15, -0.1) is 0 Å². The normalized spacial score (nSPS) is 12.0. The highest BCUT2D eigenvalue weighted by Crippen LogP contribution is 2.28. The summed E-state index contributed by atoms with van der Waals surface area (Å²) >= 11 is 1.30. The van der Waals surface area contributed by atoms with Gasteiger partial charge < -0.3 is 9.47 Å². The quantitative estimate of drug-likeness (QED) is 0.299. The molecule has 0 radical (unpaired) electrons. The molecule has 1 amide bonds. The van der Waals surface area contributed by atoms with Crippen LogP contribution in [0.3, 0.4) is 0 Å². The van der Waals surface area contributed by atoms with Gasteiger partial charge in [-0.2, -0.15) is 5.10 Å². The fourth-order valence-electron chi connectivity index (χ4n) is 2.37. The van der Waals surface area contributed by atoms with Crippen molar-refractivity contribution in [3.63, 3.8) is 0 Å². The van der Waals surface area contributed by atoms with Crippen molar-refractivity contribution in [3.8, 4) is 11.5 Å². The number of benzene rings is 1. The van der Waals surface area contributed by atoms with Gasteiger partial charge >= 0.3 is 0 Å². The van der Waals surface area contributed by atoms with Gasteiger partial charge in [-0.1, -0.05) is 11.8 Å². The number of aryl methyl sites for hydroxylation is 2. The molecule has 0 saturated heterocycles. The van der Waals surface area contributed by atoms with Crippen molar-refractivity contribution < 1.29 is 14.3 Å². The van der Waals surface area contributed by atoms with Crippen LogP contribution in [0.4, 0.5) is 0 Å². The molecule has 0 aliphatic rings. The van der Waals surface area contributed by atoms with E-state index in [1.54, 1.807) is 13.1 Å². The van der Waals surface area contributed by atoms with Gasteiger partial charge in [-0.3, -0.25) is 4.79 Å². The summed E-state index contributed by atoms with van der Waals surface area (Å²) in [6, 6.07) is 7.40. The molecule has 1 heterocycles. The van der Waals surface area contributed by atoms with Gasteiger partial charge in [0.15, 0.2) is 16.7 Å². The third-order valence-corrected chi connectivity index (χ3v) is 4.53. The minimum absolute atomic E-state index is 0.222. The Morgan fingerprint density at radius 3 is 2.43 bits per heavy atom. The Bertz CT molecular complexity index is 822. The minimum atomic E-state index is -0.377. The van der Waals surface area contributed by atoms with E-state index in [-0.39, 0.29) is 11.2 Å². The number of thioether (sulfide) groups is 1. The van der Waals surface area contributed by atoms with Gasteiger partial charge in [-0.05, 0) is 64.4 Å². The number of hydrogen-bond acceptors (Lipinski definition) is 7. The Balaban J connectivity index is 1.97. The first-order valence-corrected chi connectivity index (χ1v) is 10.0. The number of amides is 1. The van der Waals surface area contributed by atoms with E-state index in [1.165, 1.54) is 11.8 Å². The number of carbonyl (C=O) groups excluding carboxylic acids is 1. The van der Waals surface area contributed by atoms with Crippen molar-refractivity contribution in [3.05, 3.63) is 41.2 Å². The Labute approximate surface area is 170 Å². The highest BCUT2D eigenvalue weighted by molar-refractivity contribution is 8.00. The summed E-state index contributed by atoms with van der Waals surface area (Å²) in [4.78, 5) is 21.0. The third-order valence-electron chi connectivity index (χ3n) is 3.57. The predicted molar refractivity (Wildman–Crippen MR) is 111 cm³/mol. The molecule has 0 saturated carbocycles. The number of carbonyl (C=O) groups is 1. The van der Waals surface area contributed by atoms with E-state index in [4.69, 9.17) is 9.47 Å². The number of nitrogens with zero attached hydrogens (tertiary/aromatic N) is 3. The molecular formula is C20H26N4O3S. The van der Waals surface area contributed by atoms with Crippen LogP contribution in [0.25, 0.3) is 0 Å². The van der Waals surface area contributed by atoms with Crippen LogP contribution in [-0.4, -0.2) is 40.6 Å². The first kappa shape index (κ1) is 21.7. The zero-order valence-electron chi connectivity index (χ0n) is 16.9. The maximum absolute atomic E-state index is 12.3. The number of ether oxygens (including phenoxy) is 2. The van der Waals surface area contributed by atoms with Crippen LogP contribution in [0.2, 0.25) is 0 Å². The largest absolute Gasteiger partial charge is 0.490 e. The Hall–Kier alpha value is -2.61. The van der Waals surface area contributed by atoms with Crippen LogP contribution >= 0.6 is 11.8 Å². The SMILES string of the molecule is CCOc1ccc(/C=N/NC(=O)C(C)Sc2nc(C)cc(C)n2)cc1OCC. The predicted octanol–water partition coefficient (Wildman–Crippen LogP) is 3.52. The van der Waals surface area contributed by atoms with Gasteiger partial charge in [0.1, 0.15) is 0 Å². The molecule has 8 heteroatoms. The van der Waals surface area contributed by atoms with E-state index < -0.39 is 0 Å². The van der Waals surface area contributed by atoms with Gasteiger partial charge in [-0.25, -0.2) is 15.4 Å². The Morgan fingerprint density at radius 2 is 1.79 bits per heavy atom. The average molecular weight is 403 g/mol. The molecule has 2 aromatic rings. The summed E-state index contributed by atoms with van der Waals surface area (Å²) in [5.41, 5.74) is 5.10. The van der Waals surface area contributed by atoms with Crippen molar-refractivity contribution in [1.82, 2.24) is 15.4 Å². The molecule has 1 atom stereocenters. The molecule has 0 fully saturated rings. The van der Waals surface area contributed by atoms with E-state index in [9.17, 15) is 4.79 Å². The molecule has 0 aliphatic heterocycles. The van der Waals surface area contributed by atoms with Crippen LogP contribution in [0.15, 0.2) is 34.5 Å². The zero-order chi connectivity index (χ0) is 20.5. The van der Waals surface area contributed by atoms with Crippen LogP contribution in [0.1, 0.15) is 37.7 Å². The van der Waals surface area contributed by atoms with Crippen LogP contribution in [0, 0.1) is 13.8 Å². The smallest absolute Gasteiger partial charge is 0.253 e. The summed E-state index contributed by atoms with van der Waals surface area (Å²) in [6.45, 7) is 10.5. The molecule has 150 valence electrons. The van der Waals surface area contributed by atoms with Crippen LogP contribution in [-0.2, 0) is 4.79 Å². The second kappa shape index (κ2) is 10.7. The summed E-state index contributed by atoms with van der Waals surface area (Å²) in [5, 5.41) is 4.24. The Morgan fingerprint density at radius 1 is 1.14 bits per heavy atom. The summed E-state index contributed by atoms with van der Waals surface area (Å²) in [6.07, 6.45) is 1.57. The lowest BCUT2D eigenvalue weighted by molar-refractivity contribution is -0.120. The van der Waals surface area contributed by atoms with Crippen molar-refractivity contribution in [2.45, 2.75) is 45.0 Å². The molecule has 0 spiro atoms. The fraction of sp³-hybridized carbons (Fsp3) is 0.400. The average Bonchev–Trinajstić information content (AvgIpc) is 2.63. The first-order chi connectivity index (χ1) is 13.4. The lowest BCUT2D eigenvalue weighted by atomic mass is 10.2. The number of rotatable bonds is 9. The fourth-order valence-corrected chi connectivity index (χ4v) is 3.24. The third kappa shape index (κ3) is 6.53. The van der Waals surface area contributed by atoms with Crippen molar-refractivity contribution in [2.75, 3.05) is 13.2 Å². The van der Waals surface area contributed by atoms with E-state index in [0.29, 0.717) is 29.9 Å². The first-order valence-electron chi connectivity index (χ1n) is 9.14. The molecule has 7 nitrogen and oxygen atoms in total. The molecule has 1 N–H and O–H groups in total. The van der Waals surface area contributed by atoms with E-state index >= 15 is 0 Å². The maximum Gasteiger partial charge on any atom is 0.253 e. The van der Waals surface area contributed by atoms with Crippen molar-refractivity contribution in [1.29, 1.82) is 0 Å². The maximum atomic E-state index is 12.3. The van der Waals surface area contributed by atoms with E-state index in [0.717, 1.165) is 17.0 Å². The van der Waals surface area contributed by atoms with Crippen LogP contribution < -0.4 is 14.9 Å². The van der Waals surface area contributed by atoms with Gasteiger partial charge in [0.05, 0.1) is 24.7 Å². The molecule has 1 aromatic carbocycles. The molecular weight excluding hydrogens is 376 g/mol.